The first kappa shape index (κ1) is 11.4. The van der Waals surface area contributed by atoms with Crippen molar-refractivity contribution in [2.75, 3.05) is 32.8 Å². The Balaban J connectivity index is 1.72. The van der Waals surface area contributed by atoms with Crippen LogP contribution in [0.15, 0.2) is 0 Å². The van der Waals surface area contributed by atoms with Crippen LogP contribution < -0.4 is 5.73 Å². The second kappa shape index (κ2) is 4.81. The van der Waals surface area contributed by atoms with E-state index in [1.54, 1.807) is 0 Å². The minimum atomic E-state index is 0.411. The Kier molecular flexibility index (Phi) is 3.65. The fraction of sp³-hybridized carbons (Fsp3) is 1.00. The summed E-state index contributed by atoms with van der Waals surface area (Å²) in [5.41, 5.74) is 6.37. The van der Waals surface area contributed by atoms with Crippen LogP contribution in [0, 0.1) is 5.41 Å². The van der Waals surface area contributed by atoms with Gasteiger partial charge in [-0.3, -0.25) is 4.90 Å². The summed E-state index contributed by atoms with van der Waals surface area (Å²) < 4.78 is 5.54. The third-order valence-electron chi connectivity index (χ3n) is 4.13. The first-order chi connectivity index (χ1) is 7.24. The van der Waals surface area contributed by atoms with Crippen LogP contribution in [0.3, 0.4) is 0 Å². The summed E-state index contributed by atoms with van der Waals surface area (Å²) in [5.74, 6) is 0. The van der Waals surface area contributed by atoms with Gasteiger partial charge in [-0.15, -0.1) is 0 Å². The number of nitrogens with zero attached hydrogens (tertiary/aromatic N) is 1. The highest BCUT2D eigenvalue weighted by Crippen LogP contribution is 2.42. The molecule has 2 fully saturated rings. The molecule has 0 aromatic rings. The maximum atomic E-state index is 5.87. The maximum Gasteiger partial charge on any atom is 0.0674 e. The Morgan fingerprint density at radius 2 is 2.27 bits per heavy atom. The number of morpholine rings is 1. The molecule has 1 aliphatic heterocycles. The van der Waals surface area contributed by atoms with E-state index in [2.05, 4.69) is 11.8 Å². The standard InChI is InChI=1S/C12H24N2O/c1-11-9-14(7-8-15-11)6-5-12(10-13)3-2-4-12/h11H,2-10,13H2,1H3. The van der Waals surface area contributed by atoms with E-state index in [1.165, 1.54) is 32.2 Å². The Hall–Kier alpha value is -0.120. The minimum Gasteiger partial charge on any atom is -0.376 e. The Labute approximate surface area is 93.0 Å². The van der Waals surface area contributed by atoms with Gasteiger partial charge in [-0.1, -0.05) is 6.42 Å². The van der Waals surface area contributed by atoms with E-state index in [9.17, 15) is 0 Å². The lowest BCUT2D eigenvalue weighted by Crippen LogP contribution is -2.45. The highest BCUT2D eigenvalue weighted by molar-refractivity contribution is 4.89. The summed E-state index contributed by atoms with van der Waals surface area (Å²) in [5, 5.41) is 0. The molecule has 1 heterocycles. The van der Waals surface area contributed by atoms with Crippen molar-refractivity contribution in [3.05, 3.63) is 0 Å². The van der Waals surface area contributed by atoms with E-state index in [1.807, 2.05) is 0 Å². The Bertz CT molecular complexity index is 198. The smallest absolute Gasteiger partial charge is 0.0674 e. The van der Waals surface area contributed by atoms with Crippen molar-refractivity contribution in [2.24, 2.45) is 11.1 Å². The first-order valence-corrected chi connectivity index (χ1v) is 6.28. The number of nitrogens with two attached hydrogens (primary N) is 1. The lowest BCUT2D eigenvalue weighted by molar-refractivity contribution is -0.0253. The van der Waals surface area contributed by atoms with Crippen molar-refractivity contribution in [1.29, 1.82) is 0 Å². The summed E-state index contributed by atoms with van der Waals surface area (Å²) in [7, 11) is 0. The predicted octanol–water partition coefficient (Wildman–Crippen LogP) is 1.23. The molecule has 0 bridgehead atoms. The zero-order valence-electron chi connectivity index (χ0n) is 9.87. The van der Waals surface area contributed by atoms with Gasteiger partial charge in [-0.05, 0) is 44.7 Å². The van der Waals surface area contributed by atoms with Crippen molar-refractivity contribution in [2.45, 2.75) is 38.7 Å². The van der Waals surface area contributed by atoms with Gasteiger partial charge >= 0.3 is 0 Å². The van der Waals surface area contributed by atoms with Crippen molar-refractivity contribution in [3.63, 3.8) is 0 Å². The highest BCUT2D eigenvalue weighted by Gasteiger charge is 2.35. The molecule has 0 aromatic carbocycles. The molecular formula is C12H24N2O. The van der Waals surface area contributed by atoms with Crippen LogP contribution >= 0.6 is 0 Å². The third kappa shape index (κ3) is 2.71. The van der Waals surface area contributed by atoms with Crippen molar-refractivity contribution < 1.29 is 4.74 Å². The quantitative estimate of drug-likeness (QED) is 0.761. The molecule has 1 saturated carbocycles. The minimum absolute atomic E-state index is 0.411. The lowest BCUT2D eigenvalue weighted by Gasteiger charge is -2.43. The third-order valence-corrected chi connectivity index (χ3v) is 4.13. The summed E-state index contributed by atoms with van der Waals surface area (Å²) >= 11 is 0. The van der Waals surface area contributed by atoms with E-state index < -0.39 is 0 Å². The molecule has 2 rings (SSSR count). The fourth-order valence-corrected chi connectivity index (χ4v) is 2.72. The van der Waals surface area contributed by atoms with Gasteiger partial charge in [-0.2, -0.15) is 0 Å². The van der Waals surface area contributed by atoms with Crippen LogP contribution in [0.1, 0.15) is 32.6 Å². The van der Waals surface area contributed by atoms with Crippen molar-refractivity contribution >= 4 is 0 Å². The second-order valence-electron chi connectivity index (χ2n) is 5.29. The lowest BCUT2D eigenvalue weighted by atomic mass is 9.66. The summed E-state index contributed by atoms with van der Waals surface area (Å²) in [6.07, 6.45) is 5.79. The molecule has 2 aliphatic rings. The average Bonchev–Trinajstić information content (AvgIpc) is 2.17. The predicted molar refractivity (Wildman–Crippen MR) is 61.8 cm³/mol. The Morgan fingerprint density at radius 3 is 2.80 bits per heavy atom. The number of hydrogen-bond donors (Lipinski definition) is 1. The summed E-state index contributed by atoms with van der Waals surface area (Å²) in [4.78, 5) is 2.53. The zero-order valence-corrected chi connectivity index (χ0v) is 9.87. The van der Waals surface area contributed by atoms with Crippen LogP contribution in [0.25, 0.3) is 0 Å². The van der Waals surface area contributed by atoms with Gasteiger partial charge in [0.1, 0.15) is 0 Å². The van der Waals surface area contributed by atoms with E-state index in [0.29, 0.717) is 11.5 Å². The molecule has 0 amide bonds. The monoisotopic (exact) mass is 212 g/mol. The summed E-state index contributed by atoms with van der Waals surface area (Å²) in [6, 6.07) is 0. The molecule has 1 atom stereocenters. The van der Waals surface area contributed by atoms with Crippen molar-refractivity contribution in [3.8, 4) is 0 Å². The molecule has 15 heavy (non-hydrogen) atoms. The molecule has 3 nitrogen and oxygen atoms in total. The maximum absolute atomic E-state index is 5.87. The highest BCUT2D eigenvalue weighted by atomic mass is 16.5. The van der Waals surface area contributed by atoms with Gasteiger partial charge < -0.3 is 10.5 Å². The molecule has 0 spiro atoms. The molecule has 1 aliphatic carbocycles. The average molecular weight is 212 g/mol. The van der Waals surface area contributed by atoms with Crippen LogP contribution in [0.5, 0.6) is 0 Å². The number of ether oxygens (including phenoxy) is 1. The van der Waals surface area contributed by atoms with Gasteiger partial charge in [0.2, 0.25) is 0 Å². The molecule has 1 saturated heterocycles. The Morgan fingerprint density at radius 1 is 1.47 bits per heavy atom. The van der Waals surface area contributed by atoms with Gasteiger partial charge in [-0.25, -0.2) is 0 Å². The van der Waals surface area contributed by atoms with E-state index in [-0.39, 0.29) is 0 Å². The van der Waals surface area contributed by atoms with Crippen molar-refractivity contribution in [1.82, 2.24) is 4.90 Å². The van der Waals surface area contributed by atoms with Gasteiger partial charge in [0.05, 0.1) is 12.7 Å². The normalized spacial score (nSPS) is 31.2. The second-order valence-corrected chi connectivity index (χ2v) is 5.29. The van der Waals surface area contributed by atoms with Crippen LogP contribution in [0.4, 0.5) is 0 Å². The molecule has 0 aromatic heterocycles. The molecular weight excluding hydrogens is 188 g/mol. The molecule has 88 valence electrons. The van der Waals surface area contributed by atoms with Gasteiger partial charge in [0.15, 0.2) is 0 Å². The first-order valence-electron chi connectivity index (χ1n) is 6.28. The molecule has 0 radical (unpaired) electrons. The van der Waals surface area contributed by atoms with Crippen LogP contribution in [-0.2, 0) is 4.74 Å². The number of rotatable bonds is 4. The zero-order chi connectivity index (χ0) is 10.7. The molecule has 2 N–H and O–H groups in total. The molecule has 1 unspecified atom stereocenters. The van der Waals surface area contributed by atoms with Crippen LogP contribution in [0.2, 0.25) is 0 Å². The van der Waals surface area contributed by atoms with Crippen LogP contribution in [-0.4, -0.2) is 43.8 Å². The largest absolute Gasteiger partial charge is 0.376 e. The van der Waals surface area contributed by atoms with Gasteiger partial charge in [0.25, 0.3) is 0 Å². The topological polar surface area (TPSA) is 38.5 Å². The van der Waals surface area contributed by atoms with E-state index >= 15 is 0 Å². The SMILES string of the molecule is CC1CN(CCC2(CN)CCC2)CCO1. The fourth-order valence-electron chi connectivity index (χ4n) is 2.72. The molecule has 3 heteroatoms. The number of hydrogen-bond acceptors (Lipinski definition) is 3. The van der Waals surface area contributed by atoms with Gasteiger partial charge in [0, 0.05) is 13.1 Å². The van der Waals surface area contributed by atoms with E-state index in [4.69, 9.17) is 10.5 Å². The summed E-state index contributed by atoms with van der Waals surface area (Å²) in [6.45, 7) is 7.36. The van der Waals surface area contributed by atoms with E-state index in [0.717, 1.165) is 26.2 Å².